The molecular weight excluding hydrogens is 396 g/mol. The van der Waals surface area contributed by atoms with Crippen LogP contribution in [0.1, 0.15) is 41.6 Å². The Morgan fingerprint density at radius 3 is 2.47 bits per heavy atom. The highest BCUT2D eigenvalue weighted by Crippen LogP contribution is 2.40. The highest BCUT2D eigenvalue weighted by atomic mass is 16.1. The van der Waals surface area contributed by atoms with Gasteiger partial charge in [-0.15, -0.1) is 0 Å². The molecule has 0 unspecified atom stereocenters. The summed E-state index contributed by atoms with van der Waals surface area (Å²) in [6.07, 6.45) is 6.99. The average Bonchev–Trinajstić information content (AvgIpc) is 3.51. The number of carbonyl (C=O) groups is 1. The molecule has 2 aliphatic rings. The maximum absolute atomic E-state index is 12.7. The number of benzene rings is 2. The summed E-state index contributed by atoms with van der Waals surface area (Å²) in [7, 11) is 2.01. The van der Waals surface area contributed by atoms with E-state index in [0.717, 1.165) is 48.9 Å². The van der Waals surface area contributed by atoms with Gasteiger partial charge in [-0.1, -0.05) is 36.4 Å². The molecule has 0 saturated carbocycles. The van der Waals surface area contributed by atoms with Crippen molar-refractivity contribution in [2.75, 3.05) is 39.3 Å². The number of nitrogens with one attached hydrogen (secondary N) is 1. The van der Waals surface area contributed by atoms with Gasteiger partial charge in [0.25, 0.3) is 5.91 Å². The molecule has 5 nitrogen and oxygen atoms in total. The summed E-state index contributed by atoms with van der Waals surface area (Å²) in [5.74, 6) is 0.0146. The Bertz CT molecular complexity index is 1060. The first-order valence-corrected chi connectivity index (χ1v) is 12.0. The molecule has 0 aliphatic carbocycles. The van der Waals surface area contributed by atoms with Crippen LogP contribution >= 0.6 is 0 Å². The quantitative estimate of drug-likeness (QED) is 0.643. The first kappa shape index (κ1) is 21.2. The van der Waals surface area contributed by atoms with E-state index in [0.29, 0.717) is 6.54 Å². The fourth-order valence-electron chi connectivity index (χ4n) is 5.66. The van der Waals surface area contributed by atoms with Crippen molar-refractivity contribution in [1.82, 2.24) is 19.7 Å². The summed E-state index contributed by atoms with van der Waals surface area (Å²) in [6, 6.07) is 19.1. The zero-order valence-corrected chi connectivity index (χ0v) is 19.1. The van der Waals surface area contributed by atoms with E-state index in [9.17, 15) is 4.79 Å². The molecule has 2 saturated heterocycles. The number of piperidine rings is 1. The van der Waals surface area contributed by atoms with E-state index in [-0.39, 0.29) is 11.4 Å². The Labute approximate surface area is 191 Å². The van der Waals surface area contributed by atoms with E-state index in [2.05, 4.69) is 56.1 Å². The Hall–Kier alpha value is -2.63. The molecule has 168 valence electrons. The predicted molar refractivity (Wildman–Crippen MR) is 130 cm³/mol. The number of nitrogens with zero attached hydrogens (tertiary/aromatic N) is 3. The smallest absolute Gasteiger partial charge is 0.251 e. The van der Waals surface area contributed by atoms with E-state index in [4.69, 9.17) is 0 Å². The first-order valence-electron chi connectivity index (χ1n) is 12.0. The molecule has 1 N–H and O–H groups in total. The molecule has 5 rings (SSSR count). The second-order valence-electron chi connectivity index (χ2n) is 9.39. The van der Waals surface area contributed by atoms with Crippen LogP contribution in [0.2, 0.25) is 0 Å². The van der Waals surface area contributed by atoms with Crippen molar-refractivity contribution >= 4 is 16.8 Å². The minimum absolute atomic E-state index is 0.0146. The van der Waals surface area contributed by atoms with Gasteiger partial charge < -0.3 is 14.8 Å². The molecule has 0 radical (unpaired) electrons. The van der Waals surface area contributed by atoms with Crippen molar-refractivity contribution in [2.45, 2.75) is 31.2 Å². The van der Waals surface area contributed by atoms with E-state index >= 15 is 0 Å². The summed E-state index contributed by atoms with van der Waals surface area (Å²) < 4.78 is 2.05. The van der Waals surface area contributed by atoms with Gasteiger partial charge in [0.05, 0.1) is 0 Å². The van der Waals surface area contributed by atoms with Gasteiger partial charge in [0.2, 0.25) is 0 Å². The van der Waals surface area contributed by atoms with Crippen LogP contribution < -0.4 is 5.32 Å². The van der Waals surface area contributed by atoms with Gasteiger partial charge >= 0.3 is 0 Å². The fourth-order valence-corrected chi connectivity index (χ4v) is 5.66. The van der Waals surface area contributed by atoms with Crippen molar-refractivity contribution in [2.24, 2.45) is 7.05 Å². The molecule has 5 heteroatoms. The van der Waals surface area contributed by atoms with Gasteiger partial charge in [-0.05, 0) is 67.9 Å². The van der Waals surface area contributed by atoms with Gasteiger partial charge in [0.1, 0.15) is 0 Å². The molecule has 32 heavy (non-hydrogen) atoms. The van der Waals surface area contributed by atoms with E-state index in [1.807, 2.05) is 31.4 Å². The van der Waals surface area contributed by atoms with Crippen LogP contribution in [0.15, 0.2) is 60.8 Å². The van der Waals surface area contributed by atoms with Crippen LogP contribution in [-0.2, 0) is 12.6 Å². The lowest BCUT2D eigenvalue weighted by Gasteiger charge is -2.48. The summed E-state index contributed by atoms with van der Waals surface area (Å²) in [5, 5.41) is 4.29. The number of fused-ring (bicyclic) bond motifs is 1. The standard InChI is InChI=1S/C27H34N4O/c1-29-17-11-22-9-10-23(21-25(22)29)26(32)28-14-20-30-18-12-27(13-19-30,31-15-5-6-16-31)24-7-3-2-4-8-24/h2-4,7-11,17,21H,5-6,12-16,18-20H2,1H3,(H,28,32). The van der Waals surface area contributed by atoms with Gasteiger partial charge in [0.15, 0.2) is 0 Å². The molecule has 3 heterocycles. The van der Waals surface area contributed by atoms with Crippen LogP contribution in [0, 0.1) is 0 Å². The second-order valence-corrected chi connectivity index (χ2v) is 9.39. The van der Waals surface area contributed by atoms with Crippen LogP contribution in [0.3, 0.4) is 0 Å². The van der Waals surface area contributed by atoms with Gasteiger partial charge in [-0.25, -0.2) is 0 Å². The largest absolute Gasteiger partial charge is 0.351 e. The lowest BCUT2D eigenvalue weighted by molar-refractivity contribution is 0.0344. The maximum Gasteiger partial charge on any atom is 0.251 e. The Morgan fingerprint density at radius 1 is 0.969 bits per heavy atom. The van der Waals surface area contributed by atoms with Gasteiger partial charge in [0, 0.05) is 56.0 Å². The number of rotatable bonds is 6. The summed E-state index contributed by atoms with van der Waals surface area (Å²) >= 11 is 0. The molecule has 1 aromatic heterocycles. The normalized spacial score (nSPS) is 19.4. The Balaban J connectivity index is 1.17. The minimum atomic E-state index is 0.0146. The number of hydrogen-bond acceptors (Lipinski definition) is 3. The zero-order chi connectivity index (χ0) is 22.0. The zero-order valence-electron chi connectivity index (χ0n) is 19.1. The highest BCUT2D eigenvalue weighted by molar-refractivity contribution is 5.98. The number of aryl methyl sites for hydroxylation is 1. The minimum Gasteiger partial charge on any atom is -0.351 e. The predicted octanol–water partition coefficient (Wildman–Crippen LogP) is 4.00. The molecule has 0 spiro atoms. The van der Waals surface area contributed by atoms with Crippen LogP contribution in [0.4, 0.5) is 0 Å². The number of likely N-dealkylation sites (tertiary alicyclic amines) is 2. The van der Waals surface area contributed by atoms with Crippen LogP contribution in [0.5, 0.6) is 0 Å². The summed E-state index contributed by atoms with van der Waals surface area (Å²) in [6.45, 7) is 6.19. The number of carbonyl (C=O) groups excluding carboxylic acids is 1. The Morgan fingerprint density at radius 2 is 1.72 bits per heavy atom. The van der Waals surface area contributed by atoms with Crippen molar-refractivity contribution in [3.05, 3.63) is 71.9 Å². The lowest BCUT2D eigenvalue weighted by atomic mass is 9.79. The lowest BCUT2D eigenvalue weighted by Crippen LogP contribution is -2.53. The van der Waals surface area contributed by atoms with E-state index in [1.165, 1.54) is 31.5 Å². The summed E-state index contributed by atoms with van der Waals surface area (Å²) in [4.78, 5) is 17.9. The molecule has 2 aromatic carbocycles. The van der Waals surface area contributed by atoms with Crippen molar-refractivity contribution in [1.29, 1.82) is 0 Å². The average molecular weight is 431 g/mol. The van der Waals surface area contributed by atoms with Crippen molar-refractivity contribution in [3.63, 3.8) is 0 Å². The third kappa shape index (κ3) is 4.07. The second kappa shape index (κ2) is 9.08. The summed E-state index contributed by atoms with van der Waals surface area (Å²) in [5.41, 5.74) is 3.48. The molecule has 1 amide bonds. The molecular formula is C27H34N4O. The number of aromatic nitrogens is 1. The number of amides is 1. The van der Waals surface area contributed by atoms with Crippen molar-refractivity contribution in [3.8, 4) is 0 Å². The third-order valence-electron chi connectivity index (χ3n) is 7.57. The maximum atomic E-state index is 12.7. The molecule has 0 atom stereocenters. The van der Waals surface area contributed by atoms with Crippen LogP contribution in [-0.4, -0.2) is 59.5 Å². The highest BCUT2D eigenvalue weighted by Gasteiger charge is 2.41. The first-order chi connectivity index (χ1) is 15.7. The Kier molecular flexibility index (Phi) is 6.03. The fraction of sp³-hybridized carbons (Fsp3) is 0.444. The van der Waals surface area contributed by atoms with Gasteiger partial charge in [-0.2, -0.15) is 0 Å². The molecule has 2 aliphatic heterocycles. The van der Waals surface area contributed by atoms with Crippen molar-refractivity contribution < 1.29 is 4.79 Å². The molecule has 0 bridgehead atoms. The number of hydrogen-bond donors (Lipinski definition) is 1. The topological polar surface area (TPSA) is 40.5 Å². The van der Waals surface area contributed by atoms with Crippen LogP contribution in [0.25, 0.3) is 10.9 Å². The monoisotopic (exact) mass is 430 g/mol. The molecule has 3 aromatic rings. The van der Waals surface area contributed by atoms with E-state index < -0.39 is 0 Å². The molecule has 2 fully saturated rings. The van der Waals surface area contributed by atoms with E-state index in [1.54, 1.807) is 0 Å². The third-order valence-corrected chi connectivity index (χ3v) is 7.57. The SMILES string of the molecule is Cn1ccc2ccc(C(=O)NCCN3CCC(c4ccccc4)(N4CCCC4)CC3)cc21. The van der Waals surface area contributed by atoms with Gasteiger partial charge in [-0.3, -0.25) is 9.69 Å².